The summed E-state index contributed by atoms with van der Waals surface area (Å²) in [6, 6.07) is 15.7. The molecule has 1 N–H and O–H groups in total. The number of nitrogens with one attached hydrogen (secondary N) is 1. The van der Waals surface area contributed by atoms with E-state index < -0.39 is 0 Å². The lowest BCUT2D eigenvalue weighted by Gasteiger charge is -2.11. The van der Waals surface area contributed by atoms with E-state index in [0.717, 1.165) is 11.5 Å². The first kappa shape index (κ1) is 12.9. The Morgan fingerprint density at radius 3 is 1.94 bits per heavy atom. The van der Waals surface area contributed by atoms with Gasteiger partial charge in [-0.05, 0) is 55.9 Å². The predicted octanol–water partition coefficient (Wildman–Crippen LogP) is 4.41. The highest BCUT2D eigenvalue weighted by molar-refractivity contribution is 6.30. The Hall–Kier alpha value is -1.51. The van der Waals surface area contributed by atoms with Crippen molar-refractivity contribution in [3.63, 3.8) is 0 Å². The van der Waals surface area contributed by atoms with Crippen LogP contribution in [-0.2, 0) is 0 Å². The molecule has 2 rings (SSSR count). The summed E-state index contributed by atoms with van der Waals surface area (Å²) in [4.78, 5) is 0. The topological polar surface area (TPSA) is 21.3 Å². The average molecular weight is 262 g/mol. The maximum absolute atomic E-state index is 5.82. The maximum Gasteiger partial charge on any atom is 0.127 e. The predicted molar refractivity (Wildman–Crippen MR) is 75.4 cm³/mol. The molecule has 0 aliphatic heterocycles. The van der Waals surface area contributed by atoms with E-state index in [-0.39, 0.29) is 0 Å². The second-order valence-corrected chi connectivity index (χ2v) is 4.57. The van der Waals surface area contributed by atoms with Crippen LogP contribution >= 0.6 is 11.6 Å². The summed E-state index contributed by atoms with van der Waals surface area (Å²) < 4.78 is 5.72. The lowest BCUT2D eigenvalue weighted by molar-refractivity contribution is 0.482. The molecule has 2 aromatic carbocycles. The Bertz CT molecular complexity index is 493. The van der Waals surface area contributed by atoms with Gasteiger partial charge in [-0.2, -0.15) is 0 Å². The Morgan fingerprint density at radius 1 is 0.944 bits per heavy atom. The molecule has 0 fully saturated rings. The molecule has 2 aromatic rings. The molecule has 3 heteroatoms. The molecule has 1 unspecified atom stereocenters. The number of benzene rings is 2. The Balaban J connectivity index is 2.08. The third kappa shape index (κ3) is 3.25. The normalized spacial score (nSPS) is 12.2. The van der Waals surface area contributed by atoms with Crippen LogP contribution in [-0.4, -0.2) is 7.05 Å². The van der Waals surface area contributed by atoms with Crippen LogP contribution in [0.15, 0.2) is 48.5 Å². The molecule has 94 valence electrons. The van der Waals surface area contributed by atoms with Gasteiger partial charge in [0.15, 0.2) is 0 Å². The molecule has 0 aliphatic carbocycles. The summed E-state index contributed by atoms with van der Waals surface area (Å²) >= 11 is 5.82. The van der Waals surface area contributed by atoms with Crippen LogP contribution in [0.4, 0.5) is 0 Å². The van der Waals surface area contributed by atoms with Gasteiger partial charge in [0.05, 0.1) is 0 Å². The first-order valence-corrected chi connectivity index (χ1v) is 6.27. The smallest absolute Gasteiger partial charge is 0.127 e. The molecular formula is C15H16ClNO. The van der Waals surface area contributed by atoms with Gasteiger partial charge in [-0.3, -0.25) is 0 Å². The summed E-state index contributed by atoms with van der Waals surface area (Å²) in [7, 11) is 1.95. The van der Waals surface area contributed by atoms with Crippen molar-refractivity contribution < 1.29 is 4.74 Å². The van der Waals surface area contributed by atoms with Crippen molar-refractivity contribution in [1.29, 1.82) is 0 Å². The zero-order valence-electron chi connectivity index (χ0n) is 10.5. The van der Waals surface area contributed by atoms with E-state index in [4.69, 9.17) is 16.3 Å². The minimum atomic E-state index is 0.342. The van der Waals surface area contributed by atoms with Gasteiger partial charge in [0, 0.05) is 11.1 Å². The highest BCUT2D eigenvalue weighted by atomic mass is 35.5. The van der Waals surface area contributed by atoms with Crippen molar-refractivity contribution in [3.8, 4) is 11.5 Å². The number of hydrogen-bond acceptors (Lipinski definition) is 2. The van der Waals surface area contributed by atoms with Crippen molar-refractivity contribution in [2.45, 2.75) is 13.0 Å². The van der Waals surface area contributed by atoms with E-state index in [9.17, 15) is 0 Å². The number of halogens is 1. The van der Waals surface area contributed by atoms with Crippen LogP contribution < -0.4 is 10.1 Å². The molecule has 0 heterocycles. The summed E-state index contributed by atoms with van der Waals surface area (Å²) in [5.41, 5.74) is 1.24. The van der Waals surface area contributed by atoms with Crippen LogP contribution in [0, 0.1) is 0 Å². The largest absolute Gasteiger partial charge is 0.457 e. The highest BCUT2D eigenvalue weighted by Gasteiger charge is 2.02. The summed E-state index contributed by atoms with van der Waals surface area (Å²) in [5, 5.41) is 3.91. The number of ether oxygens (including phenoxy) is 1. The van der Waals surface area contributed by atoms with E-state index in [1.807, 2.05) is 43.4 Å². The quantitative estimate of drug-likeness (QED) is 0.880. The van der Waals surface area contributed by atoms with Crippen molar-refractivity contribution in [2.24, 2.45) is 0 Å². The first-order valence-electron chi connectivity index (χ1n) is 5.89. The first-order chi connectivity index (χ1) is 8.69. The number of rotatable bonds is 4. The van der Waals surface area contributed by atoms with Gasteiger partial charge in [-0.15, -0.1) is 0 Å². The summed E-state index contributed by atoms with van der Waals surface area (Å²) in [6.45, 7) is 2.12. The molecule has 18 heavy (non-hydrogen) atoms. The Labute approximate surface area is 113 Å². The van der Waals surface area contributed by atoms with E-state index in [2.05, 4.69) is 24.4 Å². The van der Waals surface area contributed by atoms with Gasteiger partial charge in [-0.1, -0.05) is 23.7 Å². The van der Waals surface area contributed by atoms with Gasteiger partial charge in [0.1, 0.15) is 11.5 Å². The molecule has 0 saturated heterocycles. The van der Waals surface area contributed by atoms with Crippen molar-refractivity contribution in [1.82, 2.24) is 5.32 Å². The van der Waals surface area contributed by atoms with Crippen LogP contribution in [0.25, 0.3) is 0 Å². The highest BCUT2D eigenvalue weighted by Crippen LogP contribution is 2.24. The molecule has 2 nitrogen and oxygen atoms in total. The van der Waals surface area contributed by atoms with Crippen LogP contribution in [0.1, 0.15) is 18.5 Å². The third-order valence-corrected chi connectivity index (χ3v) is 3.11. The van der Waals surface area contributed by atoms with Gasteiger partial charge >= 0.3 is 0 Å². The second-order valence-electron chi connectivity index (χ2n) is 4.14. The van der Waals surface area contributed by atoms with E-state index in [1.54, 1.807) is 0 Å². The molecule has 0 spiro atoms. The maximum atomic E-state index is 5.82. The van der Waals surface area contributed by atoms with Crippen molar-refractivity contribution in [2.75, 3.05) is 7.05 Å². The molecule has 0 amide bonds. The van der Waals surface area contributed by atoms with Crippen molar-refractivity contribution >= 4 is 11.6 Å². The fourth-order valence-corrected chi connectivity index (χ4v) is 1.76. The minimum Gasteiger partial charge on any atom is -0.457 e. The molecule has 1 atom stereocenters. The zero-order valence-corrected chi connectivity index (χ0v) is 11.2. The fourth-order valence-electron chi connectivity index (χ4n) is 1.63. The van der Waals surface area contributed by atoms with Crippen LogP contribution in [0.5, 0.6) is 11.5 Å². The van der Waals surface area contributed by atoms with E-state index in [0.29, 0.717) is 11.1 Å². The van der Waals surface area contributed by atoms with Gasteiger partial charge in [0.25, 0.3) is 0 Å². The summed E-state index contributed by atoms with van der Waals surface area (Å²) in [6.07, 6.45) is 0. The fraction of sp³-hybridized carbons (Fsp3) is 0.200. The molecule has 0 radical (unpaired) electrons. The van der Waals surface area contributed by atoms with Gasteiger partial charge < -0.3 is 10.1 Å². The molecule has 0 aromatic heterocycles. The summed E-state index contributed by atoms with van der Waals surface area (Å²) in [5.74, 6) is 1.61. The molecule has 0 aliphatic rings. The Kier molecular flexibility index (Phi) is 4.24. The average Bonchev–Trinajstić information content (AvgIpc) is 2.41. The standard InChI is InChI=1S/C15H16ClNO/c1-11(17-2)12-3-7-14(8-4-12)18-15-9-5-13(16)6-10-15/h3-11,17H,1-2H3. The SMILES string of the molecule is CNC(C)c1ccc(Oc2ccc(Cl)cc2)cc1. The van der Waals surface area contributed by atoms with Crippen LogP contribution in [0.3, 0.4) is 0 Å². The van der Waals surface area contributed by atoms with Gasteiger partial charge in [0.2, 0.25) is 0 Å². The van der Waals surface area contributed by atoms with E-state index in [1.165, 1.54) is 5.56 Å². The zero-order chi connectivity index (χ0) is 13.0. The molecule has 0 saturated carbocycles. The third-order valence-electron chi connectivity index (χ3n) is 2.86. The van der Waals surface area contributed by atoms with Crippen molar-refractivity contribution in [3.05, 3.63) is 59.1 Å². The lowest BCUT2D eigenvalue weighted by Crippen LogP contribution is -2.11. The number of hydrogen-bond donors (Lipinski definition) is 1. The Morgan fingerprint density at radius 2 is 1.44 bits per heavy atom. The molecular weight excluding hydrogens is 246 g/mol. The second kappa shape index (κ2) is 5.89. The van der Waals surface area contributed by atoms with Crippen LogP contribution in [0.2, 0.25) is 5.02 Å². The lowest BCUT2D eigenvalue weighted by atomic mass is 10.1. The molecule has 0 bridgehead atoms. The minimum absolute atomic E-state index is 0.342. The van der Waals surface area contributed by atoms with Gasteiger partial charge in [-0.25, -0.2) is 0 Å². The monoisotopic (exact) mass is 261 g/mol. The van der Waals surface area contributed by atoms with E-state index >= 15 is 0 Å².